The molecule has 26 heavy (non-hydrogen) atoms. The quantitative estimate of drug-likeness (QED) is 0.643. The van der Waals surface area contributed by atoms with Crippen molar-refractivity contribution in [1.29, 1.82) is 0 Å². The first-order valence-electron chi connectivity index (χ1n) is 9.33. The van der Waals surface area contributed by atoms with Crippen LogP contribution >= 0.6 is 0 Å². The molecule has 0 saturated carbocycles. The summed E-state index contributed by atoms with van der Waals surface area (Å²) in [6, 6.07) is 17.6. The van der Waals surface area contributed by atoms with Crippen molar-refractivity contribution in [3.05, 3.63) is 60.2 Å². The maximum absolute atomic E-state index is 12.3. The lowest BCUT2D eigenvalue weighted by Gasteiger charge is -2.17. The van der Waals surface area contributed by atoms with Gasteiger partial charge in [0.05, 0.1) is 6.10 Å². The SMILES string of the molecule is CCC(Oc1ccccc1)C(=O)NCCCc1ccc(OC(C)C)cc1. The van der Waals surface area contributed by atoms with Crippen molar-refractivity contribution in [2.45, 2.75) is 52.2 Å². The van der Waals surface area contributed by atoms with Crippen LogP contribution in [0.4, 0.5) is 0 Å². The van der Waals surface area contributed by atoms with E-state index in [0.29, 0.717) is 13.0 Å². The fourth-order valence-corrected chi connectivity index (χ4v) is 2.61. The Hall–Kier alpha value is -2.49. The Morgan fingerprint density at radius 2 is 1.62 bits per heavy atom. The van der Waals surface area contributed by atoms with Gasteiger partial charge in [-0.1, -0.05) is 37.3 Å². The number of benzene rings is 2. The molecule has 0 saturated heterocycles. The van der Waals surface area contributed by atoms with Crippen molar-refractivity contribution in [2.75, 3.05) is 6.54 Å². The molecule has 0 bridgehead atoms. The zero-order valence-corrected chi connectivity index (χ0v) is 15.9. The fraction of sp³-hybridized carbons (Fsp3) is 0.409. The molecule has 1 unspecified atom stereocenters. The highest BCUT2D eigenvalue weighted by Crippen LogP contribution is 2.15. The molecule has 0 aliphatic heterocycles. The number of rotatable bonds is 10. The predicted molar refractivity (Wildman–Crippen MR) is 105 cm³/mol. The number of hydrogen-bond acceptors (Lipinski definition) is 3. The van der Waals surface area contributed by atoms with Gasteiger partial charge in [-0.25, -0.2) is 0 Å². The van der Waals surface area contributed by atoms with Crippen molar-refractivity contribution in [1.82, 2.24) is 5.32 Å². The Kier molecular flexibility index (Phi) is 8.00. The molecule has 1 amide bonds. The van der Waals surface area contributed by atoms with Gasteiger partial charge in [-0.05, 0) is 62.9 Å². The summed E-state index contributed by atoms with van der Waals surface area (Å²) in [5, 5.41) is 2.97. The van der Waals surface area contributed by atoms with Crippen molar-refractivity contribution in [2.24, 2.45) is 0 Å². The number of amides is 1. The number of carbonyl (C=O) groups excluding carboxylic acids is 1. The highest BCUT2D eigenvalue weighted by Gasteiger charge is 2.17. The van der Waals surface area contributed by atoms with Crippen LogP contribution in [0.25, 0.3) is 0 Å². The van der Waals surface area contributed by atoms with E-state index in [0.717, 1.165) is 24.3 Å². The smallest absolute Gasteiger partial charge is 0.261 e. The van der Waals surface area contributed by atoms with E-state index in [2.05, 4.69) is 17.4 Å². The minimum Gasteiger partial charge on any atom is -0.491 e. The van der Waals surface area contributed by atoms with Gasteiger partial charge in [0, 0.05) is 6.54 Å². The lowest BCUT2D eigenvalue weighted by molar-refractivity contribution is -0.128. The average molecular weight is 355 g/mol. The van der Waals surface area contributed by atoms with Crippen LogP contribution in [0.5, 0.6) is 11.5 Å². The minimum absolute atomic E-state index is 0.0583. The maximum atomic E-state index is 12.3. The molecule has 0 fully saturated rings. The molecule has 0 heterocycles. The van der Waals surface area contributed by atoms with Crippen LogP contribution < -0.4 is 14.8 Å². The Bertz CT molecular complexity index is 653. The Morgan fingerprint density at radius 3 is 2.23 bits per heavy atom. The third kappa shape index (κ3) is 6.79. The van der Waals surface area contributed by atoms with Gasteiger partial charge in [0.1, 0.15) is 11.5 Å². The summed E-state index contributed by atoms with van der Waals surface area (Å²) >= 11 is 0. The molecule has 2 aromatic rings. The van der Waals surface area contributed by atoms with Crippen LogP contribution in [0.1, 0.15) is 39.2 Å². The van der Waals surface area contributed by atoms with Gasteiger partial charge in [0.2, 0.25) is 0 Å². The zero-order valence-electron chi connectivity index (χ0n) is 15.9. The third-order valence-corrected chi connectivity index (χ3v) is 3.92. The maximum Gasteiger partial charge on any atom is 0.261 e. The lowest BCUT2D eigenvalue weighted by atomic mass is 10.1. The summed E-state index contributed by atoms with van der Waals surface area (Å²) < 4.78 is 11.4. The normalized spacial score (nSPS) is 11.8. The van der Waals surface area contributed by atoms with Crippen LogP contribution in [0.15, 0.2) is 54.6 Å². The number of hydrogen-bond donors (Lipinski definition) is 1. The molecule has 140 valence electrons. The van der Waals surface area contributed by atoms with Crippen molar-refractivity contribution in [3.8, 4) is 11.5 Å². The first-order chi connectivity index (χ1) is 12.6. The summed E-state index contributed by atoms with van der Waals surface area (Å²) in [6.07, 6.45) is 2.17. The van der Waals surface area contributed by atoms with Crippen LogP contribution in [0.2, 0.25) is 0 Å². The van der Waals surface area contributed by atoms with Gasteiger partial charge in [0.15, 0.2) is 6.10 Å². The summed E-state index contributed by atoms with van der Waals surface area (Å²) in [5.74, 6) is 1.55. The highest BCUT2D eigenvalue weighted by atomic mass is 16.5. The zero-order chi connectivity index (χ0) is 18.8. The molecule has 0 spiro atoms. The van der Waals surface area contributed by atoms with Crippen LogP contribution in [-0.4, -0.2) is 24.7 Å². The standard InChI is InChI=1S/C22H29NO3/c1-4-21(26-19-10-6-5-7-11-19)22(24)23-16-8-9-18-12-14-20(15-13-18)25-17(2)3/h5-7,10-15,17,21H,4,8-9,16H2,1-3H3,(H,23,24). The molecule has 0 aliphatic carbocycles. The third-order valence-electron chi connectivity index (χ3n) is 3.92. The summed E-state index contributed by atoms with van der Waals surface area (Å²) in [4.78, 5) is 12.3. The molecule has 2 aromatic carbocycles. The highest BCUT2D eigenvalue weighted by molar-refractivity contribution is 5.81. The van der Waals surface area contributed by atoms with Crippen molar-refractivity contribution < 1.29 is 14.3 Å². The molecule has 2 rings (SSSR count). The number of nitrogens with one attached hydrogen (secondary N) is 1. The fourth-order valence-electron chi connectivity index (χ4n) is 2.61. The van der Waals surface area contributed by atoms with E-state index in [1.807, 2.05) is 63.2 Å². The molecule has 0 aliphatic rings. The van der Waals surface area contributed by atoms with Crippen LogP contribution in [0.3, 0.4) is 0 Å². The number of ether oxygens (including phenoxy) is 2. The first kappa shape index (κ1) is 19.8. The lowest BCUT2D eigenvalue weighted by Crippen LogP contribution is -2.38. The summed E-state index contributed by atoms with van der Waals surface area (Å²) in [7, 11) is 0. The van der Waals surface area contributed by atoms with E-state index in [9.17, 15) is 4.79 Å². The monoisotopic (exact) mass is 355 g/mol. The number of aryl methyl sites for hydroxylation is 1. The van der Waals surface area contributed by atoms with Gasteiger partial charge in [-0.15, -0.1) is 0 Å². The summed E-state index contributed by atoms with van der Waals surface area (Å²) in [6.45, 7) is 6.62. The molecule has 4 nitrogen and oxygen atoms in total. The van der Waals surface area contributed by atoms with E-state index >= 15 is 0 Å². The Balaban J connectivity index is 1.71. The Morgan fingerprint density at radius 1 is 0.962 bits per heavy atom. The molecular weight excluding hydrogens is 326 g/mol. The van der Waals surface area contributed by atoms with E-state index in [-0.39, 0.29) is 12.0 Å². The van der Waals surface area contributed by atoms with Crippen LogP contribution in [0, 0.1) is 0 Å². The molecule has 0 radical (unpaired) electrons. The van der Waals surface area contributed by atoms with E-state index in [1.165, 1.54) is 5.56 Å². The second kappa shape index (κ2) is 10.5. The van der Waals surface area contributed by atoms with E-state index in [4.69, 9.17) is 9.47 Å². The summed E-state index contributed by atoms with van der Waals surface area (Å²) in [5.41, 5.74) is 1.24. The second-order valence-electron chi connectivity index (χ2n) is 6.53. The number of carbonyl (C=O) groups is 1. The average Bonchev–Trinajstić information content (AvgIpc) is 2.64. The molecule has 1 N–H and O–H groups in total. The van der Waals surface area contributed by atoms with E-state index < -0.39 is 6.10 Å². The van der Waals surface area contributed by atoms with Crippen molar-refractivity contribution in [3.63, 3.8) is 0 Å². The Labute approximate surface area is 156 Å². The molecular formula is C22H29NO3. The van der Waals surface area contributed by atoms with Crippen LogP contribution in [-0.2, 0) is 11.2 Å². The first-order valence-corrected chi connectivity index (χ1v) is 9.33. The number of para-hydroxylation sites is 1. The molecule has 1 atom stereocenters. The van der Waals surface area contributed by atoms with Gasteiger partial charge < -0.3 is 14.8 Å². The van der Waals surface area contributed by atoms with Gasteiger partial charge in [-0.3, -0.25) is 4.79 Å². The van der Waals surface area contributed by atoms with Gasteiger partial charge in [-0.2, -0.15) is 0 Å². The van der Waals surface area contributed by atoms with E-state index in [1.54, 1.807) is 0 Å². The van der Waals surface area contributed by atoms with Gasteiger partial charge in [0.25, 0.3) is 5.91 Å². The predicted octanol–water partition coefficient (Wildman–Crippen LogP) is 4.38. The van der Waals surface area contributed by atoms with Crippen molar-refractivity contribution >= 4 is 5.91 Å². The molecule has 4 heteroatoms. The second-order valence-corrected chi connectivity index (χ2v) is 6.53. The largest absolute Gasteiger partial charge is 0.491 e. The van der Waals surface area contributed by atoms with Gasteiger partial charge >= 0.3 is 0 Å². The topological polar surface area (TPSA) is 47.6 Å². The minimum atomic E-state index is -0.454. The molecule has 0 aromatic heterocycles.